The average Bonchev–Trinajstić information content (AvgIpc) is 2.76. The van der Waals surface area contributed by atoms with E-state index in [1.807, 2.05) is 21.9 Å². The monoisotopic (exact) mass is 396 g/mol. The van der Waals surface area contributed by atoms with Crippen LogP contribution in [0.25, 0.3) is 0 Å². The van der Waals surface area contributed by atoms with Crippen molar-refractivity contribution in [2.45, 2.75) is 26.3 Å². The number of quaternary nitrogens is 1. The summed E-state index contributed by atoms with van der Waals surface area (Å²) in [6.07, 6.45) is 1.93. The van der Waals surface area contributed by atoms with Crippen molar-refractivity contribution >= 4 is 11.6 Å². The third-order valence-corrected chi connectivity index (χ3v) is 6.40. The van der Waals surface area contributed by atoms with Gasteiger partial charge in [0, 0.05) is 50.5 Å². The highest BCUT2D eigenvalue weighted by Gasteiger charge is 2.32. The molecule has 154 valence electrons. The van der Waals surface area contributed by atoms with Gasteiger partial charge in [-0.3, -0.25) is 4.79 Å². The van der Waals surface area contributed by atoms with Crippen LogP contribution >= 0.6 is 0 Å². The normalized spacial score (nSPS) is 22.6. The molecular formula is C24H31FN3O+. The van der Waals surface area contributed by atoms with Crippen molar-refractivity contribution in [1.82, 2.24) is 4.90 Å². The Balaban J connectivity index is 1.25. The SMILES string of the molecule is Cc1ccc(C[NH+]2CCC(C(=O)N3CCN(c4ccccc4F)CC3)CC2)cc1. The molecule has 2 heterocycles. The van der Waals surface area contributed by atoms with E-state index in [-0.39, 0.29) is 11.7 Å². The Morgan fingerprint density at radius 1 is 1.00 bits per heavy atom. The van der Waals surface area contributed by atoms with Crippen LogP contribution in [-0.2, 0) is 11.3 Å². The van der Waals surface area contributed by atoms with Crippen LogP contribution in [0.1, 0.15) is 24.0 Å². The number of rotatable bonds is 4. The maximum atomic E-state index is 14.0. The number of benzene rings is 2. The number of hydrogen-bond donors (Lipinski definition) is 1. The Morgan fingerprint density at radius 3 is 2.31 bits per heavy atom. The quantitative estimate of drug-likeness (QED) is 0.859. The van der Waals surface area contributed by atoms with Crippen molar-refractivity contribution in [3.05, 3.63) is 65.5 Å². The van der Waals surface area contributed by atoms with Gasteiger partial charge in [-0.25, -0.2) is 4.39 Å². The highest BCUT2D eigenvalue weighted by molar-refractivity contribution is 5.79. The summed E-state index contributed by atoms with van der Waals surface area (Å²) in [6.45, 7) is 8.03. The highest BCUT2D eigenvalue weighted by Crippen LogP contribution is 2.22. The molecule has 1 amide bonds. The molecule has 0 radical (unpaired) electrons. The lowest BCUT2D eigenvalue weighted by molar-refractivity contribution is -0.919. The molecule has 4 nitrogen and oxygen atoms in total. The second-order valence-electron chi connectivity index (χ2n) is 8.45. The van der Waals surface area contributed by atoms with Gasteiger partial charge in [-0.2, -0.15) is 0 Å². The largest absolute Gasteiger partial charge is 0.366 e. The maximum absolute atomic E-state index is 14.0. The van der Waals surface area contributed by atoms with Crippen molar-refractivity contribution in [2.75, 3.05) is 44.2 Å². The molecule has 0 atom stereocenters. The van der Waals surface area contributed by atoms with Crippen molar-refractivity contribution in [3.63, 3.8) is 0 Å². The molecule has 2 aromatic carbocycles. The summed E-state index contributed by atoms with van der Waals surface area (Å²) >= 11 is 0. The number of piperidine rings is 1. The smallest absolute Gasteiger partial charge is 0.226 e. The van der Waals surface area contributed by atoms with Crippen LogP contribution in [0.15, 0.2) is 48.5 Å². The van der Waals surface area contributed by atoms with Crippen molar-refractivity contribution in [2.24, 2.45) is 5.92 Å². The molecule has 5 heteroatoms. The van der Waals surface area contributed by atoms with Crippen LogP contribution in [0, 0.1) is 18.7 Å². The molecular weight excluding hydrogens is 365 g/mol. The Labute approximate surface area is 172 Å². The first kappa shape index (κ1) is 19.9. The predicted octanol–water partition coefficient (Wildman–Crippen LogP) is 2.28. The minimum atomic E-state index is -0.184. The second-order valence-corrected chi connectivity index (χ2v) is 8.45. The fourth-order valence-corrected chi connectivity index (χ4v) is 4.58. The zero-order valence-electron chi connectivity index (χ0n) is 17.2. The lowest BCUT2D eigenvalue weighted by Gasteiger charge is -2.38. The van der Waals surface area contributed by atoms with Gasteiger partial charge >= 0.3 is 0 Å². The fourth-order valence-electron chi connectivity index (χ4n) is 4.58. The van der Waals surface area contributed by atoms with Crippen LogP contribution in [0.4, 0.5) is 10.1 Å². The number of nitrogens with zero attached hydrogens (tertiary/aromatic N) is 2. The number of amides is 1. The van der Waals surface area contributed by atoms with Crippen LogP contribution in [0.2, 0.25) is 0 Å². The number of piperazine rings is 1. The second kappa shape index (κ2) is 8.95. The van der Waals surface area contributed by atoms with Crippen LogP contribution in [-0.4, -0.2) is 50.1 Å². The fraction of sp³-hybridized carbons (Fsp3) is 0.458. The van der Waals surface area contributed by atoms with E-state index >= 15 is 0 Å². The van der Waals surface area contributed by atoms with E-state index in [2.05, 4.69) is 31.2 Å². The Kier molecular flexibility index (Phi) is 6.14. The molecule has 0 aliphatic carbocycles. The van der Waals surface area contributed by atoms with E-state index in [1.54, 1.807) is 11.0 Å². The maximum Gasteiger partial charge on any atom is 0.226 e. The molecule has 0 unspecified atom stereocenters. The Bertz CT molecular complexity index is 822. The van der Waals surface area contributed by atoms with Crippen LogP contribution < -0.4 is 9.80 Å². The number of aryl methyl sites for hydroxylation is 1. The molecule has 2 fully saturated rings. The van der Waals surface area contributed by atoms with E-state index in [4.69, 9.17) is 0 Å². The minimum Gasteiger partial charge on any atom is -0.366 e. The van der Waals surface area contributed by atoms with E-state index in [9.17, 15) is 9.18 Å². The summed E-state index contributed by atoms with van der Waals surface area (Å²) in [5.41, 5.74) is 3.32. The molecule has 0 bridgehead atoms. The van der Waals surface area contributed by atoms with E-state index in [1.165, 1.54) is 17.2 Å². The molecule has 2 saturated heterocycles. The Hall–Kier alpha value is -2.40. The first-order chi connectivity index (χ1) is 14.1. The van der Waals surface area contributed by atoms with E-state index in [0.29, 0.717) is 37.8 Å². The summed E-state index contributed by atoms with van der Waals surface area (Å²) in [5, 5.41) is 0. The van der Waals surface area contributed by atoms with E-state index < -0.39 is 0 Å². The van der Waals surface area contributed by atoms with Gasteiger partial charge in [-0.1, -0.05) is 42.0 Å². The van der Waals surface area contributed by atoms with Gasteiger partial charge in [0.1, 0.15) is 12.4 Å². The summed E-state index contributed by atoms with van der Waals surface area (Å²) in [6, 6.07) is 15.7. The third kappa shape index (κ3) is 4.78. The van der Waals surface area contributed by atoms with Gasteiger partial charge in [0.2, 0.25) is 5.91 Å². The number of anilines is 1. The molecule has 2 aliphatic rings. The molecule has 0 saturated carbocycles. The third-order valence-electron chi connectivity index (χ3n) is 6.40. The van der Waals surface area contributed by atoms with Crippen molar-refractivity contribution in [3.8, 4) is 0 Å². The zero-order chi connectivity index (χ0) is 20.2. The number of likely N-dealkylation sites (tertiary alicyclic amines) is 1. The Morgan fingerprint density at radius 2 is 1.66 bits per heavy atom. The topological polar surface area (TPSA) is 28.0 Å². The number of carbonyl (C=O) groups excluding carboxylic acids is 1. The molecule has 0 aromatic heterocycles. The molecule has 1 N–H and O–H groups in total. The molecule has 2 aromatic rings. The summed E-state index contributed by atoms with van der Waals surface area (Å²) in [7, 11) is 0. The van der Waals surface area contributed by atoms with Crippen molar-refractivity contribution < 1.29 is 14.1 Å². The summed E-state index contributed by atoms with van der Waals surface area (Å²) in [4.78, 5) is 18.6. The van der Waals surface area contributed by atoms with Gasteiger partial charge in [-0.15, -0.1) is 0 Å². The molecule has 2 aliphatic heterocycles. The first-order valence-corrected chi connectivity index (χ1v) is 10.8. The van der Waals surface area contributed by atoms with Crippen molar-refractivity contribution in [1.29, 1.82) is 0 Å². The lowest BCUT2D eigenvalue weighted by Crippen LogP contribution is -3.11. The minimum absolute atomic E-state index is 0.150. The van der Waals surface area contributed by atoms with Gasteiger partial charge in [0.15, 0.2) is 0 Å². The number of carbonyl (C=O) groups is 1. The zero-order valence-corrected chi connectivity index (χ0v) is 17.2. The predicted molar refractivity (Wildman–Crippen MR) is 113 cm³/mol. The number of hydrogen-bond acceptors (Lipinski definition) is 2. The number of para-hydroxylation sites is 1. The van der Waals surface area contributed by atoms with Crippen LogP contribution in [0.3, 0.4) is 0 Å². The first-order valence-electron chi connectivity index (χ1n) is 10.8. The summed E-state index contributed by atoms with van der Waals surface area (Å²) < 4.78 is 14.0. The standard InChI is InChI=1S/C24H30FN3O/c1-19-6-8-20(9-7-19)18-26-12-10-21(11-13-26)24(29)28-16-14-27(15-17-28)23-5-3-2-4-22(23)25/h2-9,21H,10-18H2,1H3/p+1. The summed E-state index contributed by atoms with van der Waals surface area (Å²) in [5.74, 6) is 0.264. The molecule has 29 heavy (non-hydrogen) atoms. The molecule has 0 spiro atoms. The van der Waals surface area contributed by atoms with Gasteiger partial charge in [0.25, 0.3) is 0 Å². The number of halogens is 1. The average molecular weight is 397 g/mol. The number of nitrogens with one attached hydrogen (secondary N) is 1. The van der Waals surface area contributed by atoms with E-state index in [0.717, 1.165) is 32.5 Å². The molecule has 4 rings (SSSR count). The highest BCUT2D eigenvalue weighted by atomic mass is 19.1. The van der Waals surface area contributed by atoms with Gasteiger partial charge in [0.05, 0.1) is 18.8 Å². The van der Waals surface area contributed by atoms with Gasteiger partial charge < -0.3 is 14.7 Å². The van der Waals surface area contributed by atoms with Gasteiger partial charge in [-0.05, 0) is 19.1 Å². The van der Waals surface area contributed by atoms with Crippen LogP contribution in [0.5, 0.6) is 0 Å². The lowest BCUT2D eigenvalue weighted by atomic mass is 9.94.